The number of phenols is 1. The maximum Gasteiger partial charge on any atom is 0.266 e. The molecule has 0 atom stereocenters. The summed E-state index contributed by atoms with van der Waals surface area (Å²) in [6.45, 7) is 6.15. The Morgan fingerprint density at radius 1 is 1.20 bits per heavy atom. The minimum absolute atomic E-state index is 0.0851. The zero-order valence-electron chi connectivity index (χ0n) is 17.2. The van der Waals surface area contributed by atoms with Gasteiger partial charge in [-0.1, -0.05) is 6.08 Å². The van der Waals surface area contributed by atoms with E-state index in [9.17, 15) is 9.90 Å². The maximum atomic E-state index is 12.9. The van der Waals surface area contributed by atoms with E-state index < -0.39 is 0 Å². The zero-order valence-corrected chi connectivity index (χ0v) is 18.0. The van der Waals surface area contributed by atoms with Gasteiger partial charge in [0.05, 0.1) is 24.8 Å². The third kappa shape index (κ3) is 4.52. The van der Waals surface area contributed by atoms with E-state index in [2.05, 4.69) is 11.6 Å². The average molecular weight is 425 g/mol. The molecule has 1 saturated heterocycles. The first-order chi connectivity index (χ1) is 14.5. The number of carbonyl (C=O) groups excluding carboxylic acids is 1. The summed E-state index contributed by atoms with van der Waals surface area (Å²) in [6.07, 6.45) is 3.99. The second kappa shape index (κ2) is 9.54. The van der Waals surface area contributed by atoms with Crippen LogP contribution in [0.2, 0.25) is 0 Å². The van der Waals surface area contributed by atoms with Crippen molar-refractivity contribution < 1.29 is 19.4 Å². The number of likely N-dealkylation sites (N-methyl/N-ethyl adjacent to an activating group) is 1. The molecule has 156 valence electrons. The third-order valence-electron chi connectivity index (χ3n) is 4.56. The Hall–Kier alpha value is -3.19. The molecule has 0 bridgehead atoms. The molecule has 0 radical (unpaired) electrons. The second-order valence-corrected chi connectivity index (χ2v) is 7.49. The number of amidine groups is 1. The molecule has 1 N–H and O–H groups in total. The lowest BCUT2D eigenvalue weighted by atomic mass is 10.1. The van der Waals surface area contributed by atoms with Crippen LogP contribution in [0.5, 0.6) is 17.2 Å². The smallest absolute Gasteiger partial charge is 0.266 e. The predicted molar refractivity (Wildman–Crippen MR) is 122 cm³/mol. The van der Waals surface area contributed by atoms with Crippen molar-refractivity contribution in [2.24, 2.45) is 4.99 Å². The highest BCUT2D eigenvalue weighted by Crippen LogP contribution is 2.37. The van der Waals surface area contributed by atoms with Crippen LogP contribution < -0.4 is 9.47 Å². The van der Waals surface area contributed by atoms with E-state index in [1.54, 1.807) is 30.2 Å². The predicted octanol–water partition coefficient (Wildman–Crippen LogP) is 4.76. The first-order valence-electron chi connectivity index (χ1n) is 9.45. The SMILES string of the molecule is C=CCc1cc(/C=C2/SC(=Nc3ccc(OC)cc3)N(CC)C2=O)cc(OC)c1O. The number of hydrogen-bond donors (Lipinski definition) is 1. The normalized spacial score (nSPS) is 16.4. The van der Waals surface area contributed by atoms with E-state index in [-0.39, 0.29) is 11.7 Å². The molecule has 3 rings (SSSR count). The maximum absolute atomic E-state index is 12.9. The fourth-order valence-electron chi connectivity index (χ4n) is 3.03. The topological polar surface area (TPSA) is 71.4 Å². The molecule has 1 fully saturated rings. The Kier molecular flexibility index (Phi) is 6.84. The van der Waals surface area contributed by atoms with Crippen molar-refractivity contribution in [3.63, 3.8) is 0 Å². The van der Waals surface area contributed by atoms with Crippen molar-refractivity contribution in [2.75, 3.05) is 20.8 Å². The van der Waals surface area contributed by atoms with Crippen molar-refractivity contribution in [1.29, 1.82) is 0 Å². The number of aliphatic imine (C=N–C) groups is 1. The van der Waals surface area contributed by atoms with Crippen molar-refractivity contribution >= 4 is 34.6 Å². The molecule has 0 aromatic heterocycles. The first kappa shape index (κ1) is 21.5. The van der Waals surface area contributed by atoms with Crippen LogP contribution in [0, 0.1) is 0 Å². The number of amides is 1. The number of thioether (sulfide) groups is 1. The summed E-state index contributed by atoms with van der Waals surface area (Å²) in [5.74, 6) is 1.09. The van der Waals surface area contributed by atoms with Gasteiger partial charge in [0.15, 0.2) is 16.7 Å². The van der Waals surface area contributed by atoms with Gasteiger partial charge < -0.3 is 14.6 Å². The second-order valence-electron chi connectivity index (χ2n) is 6.48. The summed E-state index contributed by atoms with van der Waals surface area (Å²) in [4.78, 5) is 19.7. The zero-order chi connectivity index (χ0) is 21.7. The van der Waals surface area contributed by atoms with Gasteiger partial charge >= 0.3 is 0 Å². The standard InChI is InChI=1S/C23H24N2O4S/c1-5-7-16-12-15(13-19(29-4)21(16)26)14-20-22(27)25(6-2)23(30-20)24-17-8-10-18(28-3)11-9-17/h5,8-14,26H,1,6-7H2,2-4H3/b20-14+,24-23?. The van der Waals surface area contributed by atoms with Gasteiger partial charge in [0.25, 0.3) is 5.91 Å². The van der Waals surface area contributed by atoms with Crippen LogP contribution >= 0.6 is 11.8 Å². The Labute approximate surface area is 180 Å². The number of benzene rings is 2. The number of carbonyl (C=O) groups is 1. The van der Waals surface area contributed by atoms with Crippen LogP contribution in [0.4, 0.5) is 5.69 Å². The van der Waals surface area contributed by atoms with Gasteiger partial charge in [0.2, 0.25) is 0 Å². The largest absolute Gasteiger partial charge is 0.504 e. The van der Waals surface area contributed by atoms with Crippen molar-refractivity contribution in [1.82, 2.24) is 4.90 Å². The summed E-state index contributed by atoms with van der Waals surface area (Å²) in [7, 11) is 3.11. The minimum Gasteiger partial charge on any atom is -0.504 e. The number of nitrogens with zero attached hydrogens (tertiary/aromatic N) is 2. The summed E-state index contributed by atoms with van der Waals surface area (Å²) in [5, 5.41) is 10.9. The number of aromatic hydroxyl groups is 1. The molecule has 6 nitrogen and oxygen atoms in total. The number of methoxy groups -OCH3 is 2. The van der Waals surface area contributed by atoms with Crippen molar-refractivity contribution in [3.8, 4) is 17.2 Å². The molecule has 2 aromatic carbocycles. The molecule has 0 spiro atoms. The quantitative estimate of drug-likeness (QED) is 0.512. The van der Waals surface area contributed by atoms with Crippen molar-refractivity contribution in [3.05, 3.63) is 65.1 Å². The van der Waals surface area contributed by atoms with E-state index in [4.69, 9.17) is 9.47 Å². The van der Waals surface area contributed by atoms with E-state index >= 15 is 0 Å². The fraction of sp³-hybridized carbons (Fsp3) is 0.217. The van der Waals surface area contributed by atoms with Crippen LogP contribution in [0.3, 0.4) is 0 Å². The van der Waals surface area contributed by atoms with Crippen LogP contribution in [0.1, 0.15) is 18.1 Å². The molecule has 0 saturated carbocycles. The molecular weight excluding hydrogens is 400 g/mol. The molecule has 1 amide bonds. The van der Waals surface area contributed by atoms with Gasteiger partial charge in [-0.05, 0) is 73.1 Å². The highest BCUT2D eigenvalue weighted by Gasteiger charge is 2.32. The highest BCUT2D eigenvalue weighted by molar-refractivity contribution is 8.18. The number of hydrogen-bond acceptors (Lipinski definition) is 6. The lowest BCUT2D eigenvalue weighted by Gasteiger charge is -2.12. The van der Waals surface area contributed by atoms with Gasteiger partial charge in [0, 0.05) is 12.1 Å². The Balaban J connectivity index is 1.95. The molecule has 1 aliphatic rings. The summed E-state index contributed by atoms with van der Waals surface area (Å²) in [6, 6.07) is 10.9. The molecule has 0 aliphatic carbocycles. The van der Waals surface area contributed by atoms with Crippen LogP contribution in [-0.4, -0.2) is 41.8 Å². The van der Waals surface area contributed by atoms with E-state index in [0.717, 1.165) is 17.0 Å². The van der Waals surface area contributed by atoms with E-state index in [1.165, 1.54) is 18.9 Å². The number of ether oxygens (including phenoxy) is 2. The minimum atomic E-state index is -0.105. The average Bonchev–Trinajstić information content (AvgIpc) is 3.04. The van der Waals surface area contributed by atoms with Gasteiger partial charge in [-0.2, -0.15) is 0 Å². The summed E-state index contributed by atoms with van der Waals surface area (Å²) >= 11 is 1.32. The molecule has 1 heterocycles. The summed E-state index contributed by atoms with van der Waals surface area (Å²) < 4.78 is 10.5. The third-order valence-corrected chi connectivity index (χ3v) is 5.57. The molecule has 1 aliphatic heterocycles. The fourth-order valence-corrected chi connectivity index (χ4v) is 4.09. The number of phenolic OH excluding ortho intramolecular Hbond substituents is 1. The van der Waals surface area contributed by atoms with E-state index in [1.807, 2.05) is 37.3 Å². The van der Waals surface area contributed by atoms with E-state index in [0.29, 0.717) is 34.4 Å². The van der Waals surface area contributed by atoms with Gasteiger partial charge in [-0.25, -0.2) is 4.99 Å². The first-order valence-corrected chi connectivity index (χ1v) is 10.3. The molecule has 7 heteroatoms. The number of rotatable bonds is 7. The molecule has 2 aromatic rings. The Bertz CT molecular complexity index is 1010. The van der Waals surface area contributed by atoms with Gasteiger partial charge in [-0.3, -0.25) is 9.69 Å². The monoisotopic (exact) mass is 424 g/mol. The molecular formula is C23H24N2O4S. The molecule has 30 heavy (non-hydrogen) atoms. The Morgan fingerprint density at radius 3 is 2.53 bits per heavy atom. The van der Waals surface area contributed by atoms with Crippen LogP contribution in [0.25, 0.3) is 6.08 Å². The highest BCUT2D eigenvalue weighted by atomic mass is 32.2. The van der Waals surface area contributed by atoms with Crippen LogP contribution in [-0.2, 0) is 11.2 Å². The summed E-state index contributed by atoms with van der Waals surface area (Å²) in [5.41, 5.74) is 2.19. The van der Waals surface area contributed by atoms with Crippen LogP contribution in [0.15, 0.2) is 59.0 Å². The molecule has 0 unspecified atom stereocenters. The van der Waals surface area contributed by atoms with Gasteiger partial charge in [-0.15, -0.1) is 6.58 Å². The Morgan fingerprint density at radius 2 is 1.93 bits per heavy atom. The lowest BCUT2D eigenvalue weighted by molar-refractivity contribution is -0.122. The lowest BCUT2D eigenvalue weighted by Crippen LogP contribution is -2.28. The number of allylic oxidation sites excluding steroid dienone is 1. The van der Waals surface area contributed by atoms with Gasteiger partial charge in [0.1, 0.15) is 5.75 Å². The van der Waals surface area contributed by atoms with Crippen molar-refractivity contribution in [2.45, 2.75) is 13.3 Å².